The highest BCUT2D eigenvalue weighted by molar-refractivity contribution is 7.92. The number of rotatable bonds is 4. The lowest BCUT2D eigenvalue weighted by atomic mass is 10.2. The molecule has 6 nitrogen and oxygen atoms in total. The number of nitrogens with one attached hydrogen (secondary N) is 1. The Balaban J connectivity index is 2.52. The Morgan fingerprint density at radius 2 is 1.95 bits per heavy atom. The van der Waals surface area contributed by atoms with Gasteiger partial charge in [-0.25, -0.2) is 18.2 Å². The lowest BCUT2D eigenvalue weighted by molar-refractivity contribution is 0.0697. The molecule has 0 saturated heterocycles. The number of carboxylic acids is 1. The average molecular weight is 361 g/mol. The third-order valence-corrected chi connectivity index (χ3v) is 4.90. The summed E-state index contributed by atoms with van der Waals surface area (Å²) in [5, 5.41) is 8.69. The van der Waals surface area contributed by atoms with Crippen molar-refractivity contribution in [3.05, 3.63) is 51.6 Å². The van der Waals surface area contributed by atoms with Crippen molar-refractivity contribution < 1.29 is 18.3 Å². The second-order valence-electron chi connectivity index (χ2n) is 4.34. The first-order valence-corrected chi connectivity index (χ1v) is 8.13. The molecule has 0 radical (unpaired) electrons. The van der Waals surface area contributed by atoms with Crippen LogP contribution in [0.15, 0.2) is 35.4 Å². The minimum Gasteiger partial charge on any atom is -0.478 e. The third kappa shape index (κ3) is 3.32. The van der Waals surface area contributed by atoms with E-state index in [1.807, 2.05) is 0 Å². The number of carboxylic acid groups (broad SMARTS) is 1. The van der Waals surface area contributed by atoms with Gasteiger partial charge in [0.1, 0.15) is 10.7 Å². The van der Waals surface area contributed by atoms with E-state index < -0.39 is 16.0 Å². The number of benzene rings is 1. The summed E-state index contributed by atoms with van der Waals surface area (Å²) in [6, 6.07) is 5.32. The molecule has 0 aliphatic heterocycles. The molecule has 0 bridgehead atoms. The van der Waals surface area contributed by atoms with Crippen molar-refractivity contribution in [2.24, 2.45) is 0 Å². The highest BCUT2D eigenvalue weighted by atomic mass is 35.5. The van der Waals surface area contributed by atoms with Gasteiger partial charge >= 0.3 is 5.97 Å². The number of hydrogen-bond donors (Lipinski definition) is 2. The van der Waals surface area contributed by atoms with Gasteiger partial charge in [-0.1, -0.05) is 29.3 Å². The Morgan fingerprint density at radius 1 is 1.27 bits per heavy atom. The van der Waals surface area contributed by atoms with Crippen LogP contribution in [0.5, 0.6) is 0 Å². The molecule has 0 unspecified atom stereocenters. The van der Waals surface area contributed by atoms with E-state index in [-0.39, 0.29) is 26.3 Å². The van der Waals surface area contributed by atoms with E-state index in [1.165, 1.54) is 6.20 Å². The van der Waals surface area contributed by atoms with Crippen LogP contribution in [0.4, 0.5) is 5.82 Å². The molecule has 0 atom stereocenters. The van der Waals surface area contributed by atoms with Crippen LogP contribution in [0.1, 0.15) is 15.9 Å². The van der Waals surface area contributed by atoms with Crippen LogP contribution in [0.2, 0.25) is 10.0 Å². The first-order valence-electron chi connectivity index (χ1n) is 5.89. The Labute approximate surface area is 136 Å². The molecule has 22 heavy (non-hydrogen) atoms. The van der Waals surface area contributed by atoms with Crippen molar-refractivity contribution in [2.75, 3.05) is 4.72 Å². The monoisotopic (exact) mass is 360 g/mol. The van der Waals surface area contributed by atoms with E-state index in [4.69, 9.17) is 28.3 Å². The average Bonchev–Trinajstić information content (AvgIpc) is 2.40. The summed E-state index contributed by atoms with van der Waals surface area (Å²) in [7, 11) is -4.11. The fourth-order valence-electron chi connectivity index (χ4n) is 1.67. The molecular formula is C13H10Cl2N2O4S. The van der Waals surface area contributed by atoms with Crippen molar-refractivity contribution in [3.8, 4) is 0 Å². The topological polar surface area (TPSA) is 96.4 Å². The Morgan fingerprint density at radius 3 is 2.55 bits per heavy atom. The Hall–Kier alpha value is -1.83. The summed E-state index contributed by atoms with van der Waals surface area (Å²) in [4.78, 5) is 14.6. The molecule has 1 aromatic heterocycles. The van der Waals surface area contributed by atoms with Crippen molar-refractivity contribution in [3.63, 3.8) is 0 Å². The number of aryl methyl sites for hydroxylation is 1. The molecule has 0 saturated carbocycles. The van der Waals surface area contributed by atoms with Crippen molar-refractivity contribution >= 4 is 45.0 Å². The number of halogens is 2. The van der Waals surface area contributed by atoms with Crippen LogP contribution < -0.4 is 4.72 Å². The van der Waals surface area contributed by atoms with Gasteiger partial charge in [-0.2, -0.15) is 0 Å². The predicted octanol–water partition coefficient (Wildman–Crippen LogP) is 3.20. The Kier molecular flexibility index (Phi) is 4.60. The van der Waals surface area contributed by atoms with E-state index in [1.54, 1.807) is 19.1 Å². The van der Waals surface area contributed by atoms with Crippen molar-refractivity contribution in [1.82, 2.24) is 4.98 Å². The molecule has 0 fully saturated rings. The van der Waals surface area contributed by atoms with Crippen LogP contribution >= 0.6 is 23.2 Å². The maximum atomic E-state index is 12.4. The highest BCUT2D eigenvalue weighted by Gasteiger charge is 2.23. The number of carbonyl (C=O) groups is 1. The molecule has 2 aromatic rings. The van der Waals surface area contributed by atoms with Gasteiger partial charge in [0.15, 0.2) is 0 Å². The quantitative estimate of drug-likeness (QED) is 0.872. The summed E-state index contributed by atoms with van der Waals surface area (Å²) < 4.78 is 27.0. The van der Waals surface area contributed by atoms with Crippen LogP contribution in [0.25, 0.3) is 0 Å². The van der Waals surface area contributed by atoms with Gasteiger partial charge in [0.05, 0.1) is 15.6 Å². The fourth-order valence-corrected chi connectivity index (χ4v) is 3.61. The molecular weight excluding hydrogens is 351 g/mol. The minimum atomic E-state index is -4.11. The van der Waals surface area contributed by atoms with Gasteiger partial charge in [0.2, 0.25) is 0 Å². The summed E-state index contributed by atoms with van der Waals surface area (Å²) in [6.45, 7) is 1.68. The standard InChI is InChI=1S/C13H10Cl2N2O4S/c1-7-3-2-4-16-12(7)17-22(20,21)11-5-8(13(18)19)9(14)6-10(11)15/h2-6H,1H3,(H,16,17)(H,18,19). The summed E-state index contributed by atoms with van der Waals surface area (Å²) in [5.41, 5.74) is 0.249. The molecule has 9 heteroatoms. The lowest BCUT2D eigenvalue weighted by Crippen LogP contribution is -2.16. The normalized spacial score (nSPS) is 11.2. The van der Waals surface area contributed by atoms with Gasteiger partial charge in [-0.3, -0.25) is 4.72 Å². The van der Waals surface area contributed by atoms with Gasteiger partial charge in [-0.15, -0.1) is 0 Å². The second kappa shape index (κ2) is 6.12. The van der Waals surface area contributed by atoms with Gasteiger partial charge < -0.3 is 5.11 Å². The molecule has 0 aliphatic rings. The zero-order valence-electron chi connectivity index (χ0n) is 11.2. The summed E-state index contributed by atoms with van der Waals surface area (Å²) in [6.07, 6.45) is 1.43. The molecule has 0 aliphatic carbocycles. The van der Waals surface area contributed by atoms with E-state index in [9.17, 15) is 13.2 Å². The number of hydrogen-bond acceptors (Lipinski definition) is 4. The third-order valence-electron chi connectivity index (χ3n) is 2.78. The molecule has 1 heterocycles. The smallest absolute Gasteiger partial charge is 0.337 e. The molecule has 116 valence electrons. The van der Waals surface area contributed by atoms with Crippen LogP contribution in [0.3, 0.4) is 0 Å². The van der Waals surface area contributed by atoms with Crippen molar-refractivity contribution in [2.45, 2.75) is 11.8 Å². The number of nitrogens with zero attached hydrogens (tertiary/aromatic N) is 1. The van der Waals surface area contributed by atoms with Gasteiger partial charge in [-0.05, 0) is 30.7 Å². The second-order valence-corrected chi connectivity index (χ2v) is 6.81. The van der Waals surface area contributed by atoms with E-state index in [2.05, 4.69) is 9.71 Å². The number of anilines is 1. The molecule has 2 rings (SSSR count). The van der Waals surface area contributed by atoms with Crippen LogP contribution in [-0.4, -0.2) is 24.5 Å². The van der Waals surface area contributed by atoms with Crippen LogP contribution in [-0.2, 0) is 10.0 Å². The maximum absolute atomic E-state index is 12.4. The predicted molar refractivity (Wildman–Crippen MR) is 83.2 cm³/mol. The molecule has 2 N–H and O–H groups in total. The molecule has 0 spiro atoms. The lowest BCUT2D eigenvalue weighted by Gasteiger charge is -2.11. The van der Waals surface area contributed by atoms with E-state index >= 15 is 0 Å². The number of pyridine rings is 1. The first kappa shape index (κ1) is 16.5. The molecule has 1 aromatic carbocycles. The highest BCUT2D eigenvalue weighted by Crippen LogP contribution is 2.30. The zero-order valence-corrected chi connectivity index (χ0v) is 13.5. The minimum absolute atomic E-state index is 0.130. The van der Waals surface area contributed by atoms with Gasteiger partial charge in [0, 0.05) is 6.20 Å². The van der Waals surface area contributed by atoms with Gasteiger partial charge in [0.25, 0.3) is 10.0 Å². The summed E-state index contributed by atoms with van der Waals surface area (Å²) >= 11 is 11.6. The summed E-state index contributed by atoms with van der Waals surface area (Å²) in [5.74, 6) is -1.22. The maximum Gasteiger partial charge on any atom is 0.337 e. The zero-order chi connectivity index (χ0) is 16.5. The number of aromatic carboxylic acids is 1. The van der Waals surface area contributed by atoms with Crippen molar-refractivity contribution in [1.29, 1.82) is 0 Å². The molecule has 0 amide bonds. The largest absolute Gasteiger partial charge is 0.478 e. The van der Waals surface area contributed by atoms with E-state index in [0.717, 1.165) is 12.1 Å². The number of sulfonamides is 1. The van der Waals surface area contributed by atoms with E-state index in [0.29, 0.717) is 5.56 Å². The SMILES string of the molecule is Cc1cccnc1NS(=O)(=O)c1cc(C(=O)O)c(Cl)cc1Cl. The first-order chi connectivity index (χ1) is 10.2. The number of aromatic nitrogens is 1. The fraction of sp³-hybridized carbons (Fsp3) is 0.0769. The van der Waals surface area contributed by atoms with Crippen LogP contribution in [0, 0.1) is 6.92 Å². The Bertz CT molecular complexity index is 853.